The van der Waals surface area contributed by atoms with Crippen LogP contribution in [0.4, 0.5) is 0 Å². The Morgan fingerprint density at radius 3 is 2.65 bits per heavy atom. The molecule has 1 saturated heterocycles. The average molecular weight is 232 g/mol. The van der Waals surface area contributed by atoms with Crippen molar-refractivity contribution in [2.45, 2.75) is 44.1 Å². The minimum atomic E-state index is 0.342. The van der Waals surface area contributed by atoms with Crippen LogP contribution in [0.25, 0.3) is 0 Å². The number of hydrogen-bond acceptors (Lipinski definition) is 2. The first-order chi connectivity index (χ1) is 8.43. The van der Waals surface area contributed by atoms with Crippen molar-refractivity contribution in [2.75, 3.05) is 13.2 Å². The van der Waals surface area contributed by atoms with Gasteiger partial charge in [-0.15, -0.1) is 0 Å². The van der Waals surface area contributed by atoms with Crippen molar-refractivity contribution in [3.63, 3.8) is 0 Å². The summed E-state index contributed by atoms with van der Waals surface area (Å²) in [7, 11) is 0. The van der Waals surface area contributed by atoms with E-state index in [9.17, 15) is 0 Å². The smallest absolute Gasteiger partial charge is 0.122 e. The Hall–Kier alpha value is -1.02. The van der Waals surface area contributed by atoms with Gasteiger partial charge >= 0.3 is 0 Å². The highest BCUT2D eigenvalue weighted by molar-refractivity contribution is 5.36. The summed E-state index contributed by atoms with van der Waals surface area (Å²) in [4.78, 5) is 0. The zero-order valence-electron chi connectivity index (χ0n) is 10.2. The summed E-state index contributed by atoms with van der Waals surface area (Å²) >= 11 is 0. The first-order valence-electron chi connectivity index (χ1n) is 6.77. The fourth-order valence-corrected chi connectivity index (χ4v) is 2.71. The van der Waals surface area contributed by atoms with Crippen LogP contribution in [0.15, 0.2) is 24.3 Å². The summed E-state index contributed by atoms with van der Waals surface area (Å²) in [6.07, 6.45) is 7.11. The van der Waals surface area contributed by atoms with E-state index in [4.69, 9.17) is 9.47 Å². The Morgan fingerprint density at radius 2 is 1.88 bits per heavy atom. The molecule has 0 unspecified atom stereocenters. The second kappa shape index (κ2) is 5.09. The van der Waals surface area contributed by atoms with Gasteiger partial charge in [0, 0.05) is 0 Å². The van der Waals surface area contributed by atoms with Crippen molar-refractivity contribution in [3.8, 4) is 5.75 Å². The topological polar surface area (TPSA) is 21.8 Å². The lowest BCUT2D eigenvalue weighted by Gasteiger charge is -2.24. The Balaban J connectivity index is 1.71. The Morgan fingerprint density at radius 1 is 1.12 bits per heavy atom. The minimum Gasteiger partial charge on any atom is -0.490 e. The van der Waals surface area contributed by atoms with E-state index in [0.29, 0.717) is 18.6 Å². The van der Waals surface area contributed by atoms with E-state index in [2.05, 4.69) is 24.3 Å². The van der Waals surface area contributed by atoms with Crippen LogP contribution in [0, 0.1) is 0 Å². The van der Waals surface area contributed by atoms with Crippen LogP contribution in [0.3, 0.4) is 0 Å². The minimum absolute atomic E-state index is 0.342. The van der Waals surface area contributed by atoms with E-state index in [1.165, 1.54) is 37.7 Å². The number of benzene rings is 1. The predicted molar refractivity (Wildman–Crippen MR) is 67.5 cm³/mol. The normalized spacial score (nSPS) is 24.6. The molecule has 17 heavy (non-hydrogen) atoms. The van der Waals surface area contributed by atoms with Crippen molar-refractivity contribution >= 4 is 0 Å². The number of epoxide rings is 1. The highest BCUT2D eigenvalue weighted by Gasteiger charge is 2.24. The molecule has 2 fully saturated rings. The lowest BCUT2D eigenvalue weighted by molar-refractivity contribution is 0.258. The largest absolute Gasteiger partial charge is 0.490 e. The van der Waals surface area contributed by atoms with E-state index in [1.54, 1.807) is 0 Å². The Bertz CT molecular complexity index is 365. The molecule has 1 saturated carbocycles. The summed E-state index contributed by atoms with van der Waals surface area (Å²) in [5.41, 5.74) is 1.41. The van der Waals surface area contributed by atoms with Crippen LogP contribution >= 0.6 is 0 Å². The zero-order valence-corrected chi connectivity index (χ0v) is 10.2. The van der Waals surface area contributed by atoms with Crippen LogP contribution in [0.5, 0.6) is 5.75 Å². The van der Waals surface area contributed by atoms with Crippen molar-refractivity contribution in [3.05, 3.63) is 29.8 Å². The number of hydrogen-bond donors (Lipinski definition) is 0. The van der Waals surface area contributed by atoms with Gasteiger partial charge in [0.15, 0.2) is 0 Å². The van der Waals surface area contributed by atoms with Gasteiger partial charge in [-0.25, -0.2) is 0 Å². The van der Waals surface area contributed by atoms with Gasteiger partial charge < -0.3 is 9.47 Å². The second-order valence-electron chi connectivity index (χ2n) is 5.14. The Kier molecular flexibility index (Phi) is 3.32. The number of ether oxygens (including phenoxy) is 2. The van der Waals surface area contributed by atoms with Gasteiger partial charge in [0.05, 0.1) is 6.61 Å². The third-order valence-corrected chi connectivity index (χ3v) is 3.79. The molecule has 0 N–H and O–H groups in total. The first-order valence-corrected chi connectivity index (χ1v) is 6.77. The summed E-state index contributed by atoms with van der Waals surface area (Å²) < 4.78 is 11.1. The number of para-hydroxylation sites is 1. The maximum atomic E-state index is 5.89. The molecule has 0 amide bonds. The molecule has 1 aromatic carbocycles. The standard InChI is InChI=1S/C15H20O2/c1-2-6-12(7-3-1)14-8-4-5-9-15(14)17-11-13-10-16-13/h4-5,8-9,12-13H,1-3,6-7,10-11H2/t13-/m0/s1. The monoisotopic (exact) mass is 232 g/mol. The van der Waals surface area contributed by atoms with E-state index in [-0.39, 0.29) is 0 Å². The second-order valence-corrected chi connectivity index (χ2v) is 5.14. The van der Waals surface area contributed by atoms with E-state index < -0.39 is 0 Å². The fraction of sp³-hybridized carbons (Fsp3) is 0.600. The van der Waals surface area contributed by atoms with Gasteiger partial charge in [-0.05, 0) is 30.4 Å². The summed E-state index contributed by atoms with van der Waals surface area (Å²) in [6, 6.07) is 8.53. The molecule has 2 heteroatoms. The van der Waals surface area contributed by atoms with Gasteiger partial charge in [0.25, 0.3) is 0 Å². The molecular formula is C15H20O2. The molecular weight excluding hydrogens is 212 g/mol. The molecule has 1 aliphatic heterocycles. The lowest BCUT2D eigenvalue weighted by Crippen LogP contribution is -2.10. The van der Waals surface area contributed by atoms with E-state index in [0.717, 1.165) is 12.4 Å². The molecule has 2 aliphatic rings. The highest BCUT2D eigenvalue weighted by Crippen LogP contribution is 2.37. The summed E-state index contributed by atoms with van der Waals surface area (Å²) in [5, 5.41) is 0. The van der Waals surface area contributed by atoms with Crippen LogP contribution in [-0.2, 0) is 4.74 Å². The van der Waals surface area contributed by atoms with Crippen molar-refractivity contribution < 1.29 is 9.47 Å². The van der Waals surface area contributed by atoms with E-state index in [1.807, 2.05) is 0 Å². The third kappa shape index (κ3) is 2.81. The molecule has 1 aliphatic carbocycles. The van der Waals surface area contributed by atoms with Crippen LogP contribution in [0.2, 0.25) is 0 Å². The molecule has 1 heterocycles. The van der Waals surface area contributed by atoms with Gasteiger partial charge in [-0.3, -0.25) is 0 Å². The van der Waals surface area contributed by atoms with Crippen molar-refractivity contribution in [2.24, 2.45) is 0 Å². The summed E-state index contributed by atoms with van der Waals surface area (Å²) in [5.74, 6) is 1.79. The van der Waals surface area contributed by atoms with Crippen molar-refractivity contribution in [1.29, 1.82) is 0 Å². The van der Waals surface area contributed by atoms with Gasteiger partial charge in [-0.2, -0.15) is 0 Å². The van der Waals surface area contributed by atoms with Crippen LogP contribution < -0.4 is 4.74 Å². The molecule has 3 rings (SSSR count). The average Bonchev–Trinajstić information content (AvgIpc) is 3.22. The van der Waals surface area contributed by atoms with Crippen molar-refractivity contribution in [1.82, 2.24) is 0 Å². The highest BCUT2D eigenvalue weighted by atomic mass is 16.6. The van der Waals surface area contributed by atoms with Crippen LogP contribution in [-0.4, -0.2) is 19.3 Å². The fourth-order valence-electron chi connectivity index (χ4n) is 2.71. The van der Waals surface area contributed by atoms with E-state index >= 15 is 0 Å². The van der Waals surface area contributed by atoms with Gasteiger partial charge in [0.2, 0.25) is 0 Å². The molecule has 0 radical (unpaired) electrons. The lowest BCUT2D eigenvalue weighted by atomic mass is 9.84. The molecule has 2 nitrogen and oxygen atoms in total. The van der Waals surface area contributed by atoms with Crippen LogP contribution in [0.1, 0.15) is 43.6 Å². The molecule has 0 bridgehead atoms. The third-order valence-electron chi connectivity index (χ3n) is 3.79. The molecule has 92 valence electrons. The molecule has 0 spiro atoms. The number of rotatable bonds is 4. The quantitative estimate of drug-likeness (QED) is 0.741. The maximum Gasteiger partial charge on any atom is 0.122 e. The van der Waals surface area contributed by atoms with Gasteiger partial charge in [0.1, 0.15) is 18.5 Å². The predicted octanol–water partition coefficient (Wildman–Crippen LogP) is 3.51. The molecule has 1 aromatic rings. The zero-order chi connectivity index (χ0) is 11.5. The SMILES string of the molecule is c1ccc(C2CCCCC2)c(OC[C@@H]2CO2)c1. The Labute approximate surface area is 103 Å². The maximum absolute atomic E-state index is 5.89. The summed E-state index contributed by atoms with van der Waals surface area (Å²) in [6.45, 7) is 1.58. The molecule has 0 aromatic heterocycles. The molecule has 1 atom stereocenters. The van der Waals surface area contributed by atoms with Gasteiger partial charge in [-0.1, -0.05) is 37.5 Å². The first kappa shape index (κ1) is 11.1.